The van der Waals surface area contributed by atoms with Crippen LogP contribution in [-0.2, 0) is 14.4 Å². The number of amides is 1. The number of aliphatic carboxylic acids is 1. The maximum Gasteiger partial charge on any atom is 0.305 e. The van der Waals surface area contributed by atoms with Crippen molar-refractivity contribution in [3.63, 3.8) is 0 Å². The number of carbonyl (C=O) groups is 3. The molecule has 2 heterocycles. The van der Waals surface area contributed by atoms with Crippen LogP contribution in [0, 0.1) is 0 Å². The summed E-state index contributed by atoms with van der Waals surface area (Å²) in [6.45, 7) is -0.168. The number of nitrogens with zero attached hydrogens (tertiary/aromatic N) is 2. The van der Waals surface area contributed by atoms with Crippen LogP contribution in [0.3, 0.4) is 0 Å². The largest absolute Gasteiger partial charge is 0.507 e. The van der Waals surface area contributed by atoms with Crippen molar-refractivity contribution in [2.24, 2.45) is 0 Å². The monoisotopic (exact) mass is 382 g/mol. The molecule has 0 bridgehead atoms. The summed E-state index contributed by atoms with van der Waals surface area (Å²) in [5.74, 6) is -2.59. The van der Waals surface area contributed by atoms with Crippen molar-refractivity contribution >= 4 is 23.4 Å². The van der Waals surface area contributed by atoms with E-state index < -0.39 is 23.7 Å². The molecule has 1 aromatic heterocycles. The highest BCUT2D eigenvalue weighted by Crippen LogP contribution is 2.39. The minimum Gasteiger partial charge on any atom is -0.507 e. The summed E-state index contributed by atoms with van der Waals surface area (Å²) in [6, 6.07) is 8.76. The third-order valence-electron chi connectivity index (χ3n) is 4.47. The Hall–Kier alpha value is -3.68. The topological polar surface area (TPSA) is 117 Å². The van der Waals surface area contributed by atoms with Gasteiger partial charge < -0.3 is 19.8 Å². The predicted molar refractivity (Wildman–Crippen MR) is 98.5 cm³/mol. The lowest BCUT2D eigenvalue weighted by Gasteiger charge is -2.24. The normalized spacial score (nSPS) is 18.3. The first-order valence-corrected chi connectivity index (χ1v) is 8.48. The van der Waals surface area contributed by atoms with Crippen LogP contribution in [0.4, 0.5) is 0 Å². The molecule has 1 fully saturated rings. The smallest absolute Gasteiger partial charge is 0.305 e. The molecule has 8 nitrogen and oxygen atoms in total. The van der Waals surface area contributed by atoms with E-state index in [0.717, 1.165) is 4.90 Å². The van der Waals surface area contributed by atoms with Crippen molar-refractivity contribution in [1.82, 2.24) is 9.88 Å². The van der Waals surface area contributed by atoms with E-state index in [4.69, 9.17) is 9.84 Å². The number of methoxy groups -OCH3 is 1. The molecule has 0 radical (unpaired) electrons. The van der Waals surface area contributed by atoms with Gasteiger partial charge in [0.05, 0.1) is 25.1 Å². The maximum absolute atomic E-state index is 12.7. The Kier molecular flexibility index (Phi) is 5.39. The van der Waals surface area contributed by atoms with E-state index in [9.17, 15) is 19.5 Å². The molecule has 8 heteroatoms. The van der Waals surface area contributed by atoms with Crippen molar-refractivity contribution < 1.29 is 29.3 Å². The molecule has 0 saturated carbocycles. The highest BCUT2D eigenvalue weighted by atomic mass is 16.5. The molecular weight excluding hydrogens is 364 g/mol. The lowest BCUT2D eigenvalue weighted by atomic mass is 9.96. The third kappa shape index (κ3) is 3.57. The number of carboxylic acid groups (broad SMARTS) is 1. The molecule has 28 heavy (non-hydrogen) atoms. The fraction of sp³-hybridized carbons (Fsp3) is 0.200. The quantitative estimate of drug-likeness (QED) is 0.446. The summed E-state index contributed by atoms with van der Waals surface area (Å²) >= 11 is 0. The number of carboxylic acids is 1. The Bertz CT molecular complexity index is 937. The minimum absolute atomic E-state index is 0.103. The highest BCUT2D eigenvalue weighted by Gasteiger charge is 2.46. The molecule has 1 aliphatic rings. The van der Waals surface area contributed by atoms with Crippen molar-refractivity contribution in [3.8, 4) is 5.75 Å². The van der Waals surface area contributed by atoms with Crippen LogP contribution in [0.25, 0.3) is 5.76 Å². The maximum atomic E-state index is 12.7. The molecule has 1 unspecified atom stereocenters. The number of aliphatic hydroxyl groups excluding tert-OH is 1. The Morgan fingerprint density at radius 1 is 1.18 bits per heavy atom. The van der Waals surface area contributed by atoms with Gasteiger partial charge in [-0.2, -0.15) is 0 Å². The Morgan fingerprint density at radius 3 is 2.46 bits per heavy atom. The first kappa shape index (κ1) is 19.1. The van der Waals surface area contributed by atoms with Gasteiger partial charge in [0.1, 0.15) is 11.5 Å². The van der Waals surface area contributed by atoms with Crippen molar-refractivity contribution in [2.45, 2.75) is 12.5 Å². The SMILES string of the molecule is COc1ccc(/C(O)=C2/C(=O)C(=O)N(CCC(=O)O)C2c2cccnc2)cc1. The zero-order valence-corrected chi connectivity index (χ0v) is 15.0. The van der Waals surface area contributed by atoms with Crippen LogP contribution in [-0.4, -0.2) is 51.4 Å². The van der Waals surface area contributed by atoms with Gasteiger partial charge in [-0.15, -0.1) is 0 Å². The first-order chi connectivity index (χ1) is 13.4. The average molecular weight is 382 g/mol. The number of rotatable bonds is 6. The van der Waals surface area contributed by atoms with Gasteiger partial charge in [0.15, 0.2) is 0 Å². The summed E-state index contributed by atoms with van der Waals surface area (Å²) in [4.78, 5) is 41.4. The van der Waals surface area contributed by atoms with E-state index in [1.807, 2.05) is 0 Å². The number of benzene rings is 1. The number of carbonyl (C=O) groups excluding carboxylic acids is 2. The molecule has 144 valence electrons. The summed E-state index contributed by atoms with van der Waals surface area (Å²) < 4.78 is 5.08. The van der Waals surface area contributed by atoms with Crippen LogP contribution in [0.5, 0.6) is 5.75 Å². The van der Waals surface area contributed by atoms with Crippen LogP contribution in [0.2, 0.25) is 0 Å². The number of hydrogen-bond acceptors (Lipinski definition) is 6. The second-order valence-corrected chi connectivity index (χ2v) is 6.15. The van der Waals surface area contributed by atoms with Gasteiger partial charge in [-0.1, -0.05) is 6.07 Å². The van der Waals surface area contributed by atoms with Gasteiger partial charge in [-0.3, -0.25) is 19.4 Å². The molecule has 1 aromatic carbocycles. The van der Waals surface area contributed by atoms with Crippen LogP contribution in [0.15, 0.2) is 54.4 Å². The van der Waals surface area contributed by atoms with E-state index in [1.165, 1.54) is 19.5 Å². The summed E-state index contributed by atoms with van der Waals surface area (Å²) in [7, 11) is 1.51. The molecule has 3 rings (SSSR count). The Morgan fingerprint density at radius 2 is 1.89 bits per heavy atom. The van der Waals surface area contributed by atoms with E-state index in [-0.39, 0.29) is 24.3 Å². The van der Waals surface area contributed by atoms with Crippen LogP contribution in [0.1, 0.15) is 23.6 Å². The molecule has 1 saturated heterocycles. The van der Waals surface area contributed by atoms with E-state index in [2.05, 4.69) is 4.98 Å². The minimum atomic E-state index is -1.10. The number of pyridine rings is 1. The Labute approximate surface area is 160 Å². The average Bonchev–Trinajstić information content (AvgIpc) is 2.97. The van der Waals surface area contributed by atoms with Crippen molar-refractivity contribution in [2.75, 3.05) is 13.7 Å². The molecule has 1 aliphatic heterocycles. The number of ether oxygens (including phenoxy) is 1. The predicted octanol–water partition coefficient (Wildman–Crippen LogP) is 1.99. The van der Waals surface area contributed by atoms with E-state index in [0.29, 0.717) is 16.9 Å². The number of likely N-dealkylation sites (tertiary alicyclic amines) is 1. The van der Waals surface area contributed by atoms with E-state index >= 15 is 0 Å². The van der Waals surface area contributed by atoms with Gasteiger partial charge in [0, 0.05) is 24.5 Å². The second kappa shape index (κ2) is 7.91. The van der Waals surface area contributed by atoms with Crippen molar-refractivity contribution in [1.29, 1.82) is 0 Å². The molecule has 0 spiro atoms. The zero-order chi connectivity index (χ0) is 20.3. The molecule has 0 aliphatic carbocycles. The van der Waals surface area contributed by atoms with Crippen molar-refractivity contribution in [3.05, 3.63) is 65.5 Å². The zero-order valence-electron chi connectivity index (χ0n) is 15.0. The van der Waals surface area contributed by atoms with Gasteiger partial charge >= 0.3 is 5.97 Å². The molecular formula is C20H18N2O6. The first-order valence-electron chi connectivity index (χ1n) is 8.48. The fourth-order valence-electron chi connectivity index (χ4n) is 3.12. The number of aromatic nitrogens is 1. The summed E-state index contributed by atoms with van der Waals surface area (Å²) in [5.41, 5.74) is 0.738. The third-order valence-corrected chi connectivity index (χ3v) is 4.47. The molecule has 1 amide bonds. The summed E-state index contributed by atoms with van der Waals surface area (Å²) in [5, 5.41) is 19.8. The lowest BCUT2D eigenvalue weighted by molar-refractivity contribution is -0.142. The van der Waals surface area contributed by atoms with E-state index in [1.54, 1.807) is 36.4 Å². The number of ketones is 1. The number of aliphatic hydroxyl groups is 1. The standard InChI is InChI=1S/C20H18N2O6/c1-28-14-6-4-12(5-7-14)18(25)16-17(13-3-2-9-21-11-13)22(10-8-15(23)24)20(27)19(16)26/h2-7,9,11,17,25H,8,10H2,1H3,(H,23,24)/b18-16-. The van der Waals surface area contributed by atoms with Crippen LogP contribution < -0.4 is 4.74 Å². The van der Waals surface area contributed by atoms with Crippen LogP contribution >= 0.6 is 0 Å². The fourth-order valence-corrected chi connectivity index (χ4v) is 3.12. The van der Waals surface area contributed by atoms with Gasteiger partial charge in [0.25, 0.3) is 11.7 Å². The highest BCUT2D eigenvalue weighted by molar-refractivity contribution is 6.46. The Balaban J connectivity index is 2.11. The molecule has 1 atom stereocenters. The second-order valence-electron chi connectivity index (χ2n) is 6.15. The molecule has 2 N–H and O–H groups in total. The summed E-state index contributed by atoms with van der Waals surface area (Å²) in [6.07, 6.45) is 2.69. The van der Waals surface area contributed by atoms with Gasteiger partial charge in [-0.05, 0) is 35.9 Å². The molecule has 2 aromatic rings. The number of Topliss-reactive ketones (excluding diaryl/α,β-unsaturated/α-hetero) is 1. The van der Waals surface area contributed by atoms with Gasteiger partial charge in [0.2, 0.25) is 0 Å². The van der Waals surface area contributed by atoms with Gasteiger partial charge in [-0.25, -0.2) is 0 Å². The lowest BCUT2D eigenvalue weighted by Crippen LogP contribution is -2.31. The number of hydrogen-bond donors (Lipinski definition) is 2.